The van der Waals surface area contributed by atoms with Crippen LogP contribution in [0.15, 0.2) is 79.0 Å². The normalized spacial score (nSPS) is 12.2. The second-order valence-electron chi connectivity index (χ2n) is 9.68. The van der Waals surface area contributed by atoms with Crippen molar-refractivity contribution in [2.24, 2.45) is 0 Å². The molecular formula is C30H30N4O3. The molecule has 0 radical (unpaired) electrons. The molecule has 4 rings (SSSR count). The van der Waals surface area contributed by atoms with E-state index in [1.54, 1.807) is 50.4 Å². The Balaban J connectivity index is 1.53. The molecule has 0 unspecified atom stereocenters. The third-order valence-corrected chi connectivity index (χ3v) is 6.13. The van der Waals surface area contributed by atoms with E-state index in [-0.39, 0.29) is 18.2 Å². The summed E-state index contributed by atoms with van der Waals surface area (Å²) in [6.07, 6.45) is 2.39. The second kappa shape index (κ2) is 11.2. The molecule has 0 fully saturated rings. The summed E-state index contributed by atoms with van der Waals surface area (Å²) in [6.45, 7) is 3.96. The van der Waals surface area contributed by atoms with Gasteiger partial charge in [0.2, 0.25) is 0 Å². The van der Waals surface area contributed by atoms with Gasteiger partial charge in [-0.15, -0.1) is 0 Å². The van der Waals surface area contributed by atoms with E-state index in [1.807, 2.05) is 42.5 Å². The number of benzene rings is 3. The lowest BCUT2D eigenvalue weighted by molar-refractivity contribution is 0.0694. The zero-order chi connectivity index (χ0) is 26.4. The van der Waals surface area contributed by atoms with Gasteiger partial charge in [-0.2, -0.15) is 5.26 Å². The Hall–Kier alpha value is -4.25. The van der Waals surface area contributed by atoms with Gasteiger partial charge in [0.1, 0.15) is 0 Å². The van der Waals surface area contributed by atoms with E-state index >= 15 is 0 Å². The first kappa shape index (κ1) is 25.8. The number of nitrogens with zero attached hydrogens (tertiary/aromatic N) is 1. The summed E-state index contributed by atoms with van der Waals surface area (Å²) in [5.74, 6) is -0.366. The number of amides is 1. The molecule has 4 aromatic rings. The first-order valence-electron chi connectivity index (χ1n) is 12.2. The molecule has 7 heteroatoms. The first-order valence-corrected chi connectivity index (χ1v) is 12.2. The molecule has 1 atom stereocenters. The lowest BCUT2D eigenvalue weighted by Crippen LogP contribution is -2.38. The lowest BCUT2D eigenvalue weighted by Gasteiger charge is -2.18. The summed E-state index contributed by atoms with van der Waals surface area (Å²) in [7, 11) is 0. The number of fused-ring (bicyclic) bond motifs is 1. The van der Waals surface area contributed by atoms with E-state index in [1.165, 1.54) is 0 Å². The summed E-state index contributed by atoms with van der Waals surface area (Å²) in [5.41, 5.74) is 3.22. The summed E-state index contributed by atoms with van der Waals surface area (Å²) in [4.78, 5) is 29.4. The molecule has 1 heterocycles. The number of Topliss-reactive ketones (excluding diaryl/α,β-unsaturated/α-hetero) is 1. The third kappa shape index (κ3) is 6.50. The topological polar surface area (TPSA) is 118 Å². The number of ketones is 1. The van der Waals surface area contributed by atoms with E-state index in [9.17, 15) is 14.7 Å². The van der Waals surface area contributed by atoms with Crippen LogP contribution >= 0.6 is 0 Å². The average Bonchev–Trinajstić information content (AvgIpc) is 3.33. The molecular weight excluding hydrogens is 464 g/mol. The number of hydrogen-bond donors (Lipinski definition) is 4. The lowest BCUT2D eigenvalue weighted by atomic mass is 9.96. The minimum absolute atomic E-state index is 0.0727. The van der Waals surface area contributed by atoms with Gasteiger partial charge in [-0.3, -0.25) is 9.59 Å². The van der Waals surface area contributed by atoms with Gasteiger partial charge in [0.25, 0.3) is 5.91 Å². The van der Waals surface area contributed by atoms with Crippen molar-refractivity contribution < 1.29 is 14.7 Å². The summed E-state index contributed by atoms with van der Waals surface area (Å²) in [5, 5.41) is 25.7. The van der Waals surface area contributed by atoms with E-state index in [2.05, 4.69) is 21.7 Å². The van der Waals surface area contributed by atoms with Gasteiger partial charge in [-0.05, 0) is 55.7 Å². The van der Waals surface area contributed by atoms with Crippen molar-refractivity contribution in [2.45, 2.75) is 31.9 Å². The van der Waals surface area contributed by atoms with E-state index in [0.29, 0.717) is 35.2 Å². The zero-order valence-corrected chi connectivity index (χ0v) is 20.9. The van der Waals surface area contributed by atoms with Crippen LogP contribution in [0.25, 0.3) is 10.9 Å². The van der Waals surface area contributed by atoms with Crippen LogP contribution in [-0.2, 0) is 6.42 Å². The fourth-order valence-electron chi connectivity index (χ4n) is 4.14. The Morgan fingerprint density at radius 1 is 1.05 bits per heavy atom. The molecule has 0 aliphatic rings. The number of nitriles is 1. The predicted molar refractivity (Wildman–Crippen MR) is 143 cm³/mol. The second-order valence-corrected chi connectivity index (χ2v) is 9.68. The molecule has 1 aromatic heterocycles. The molecule has 0 aliphatic carbocycles. The Morgan fingerprint density at radius 2 is 1.78 bits per heavy atom. The van der Waals surface area contributed by atoms with Gasteiger partial charge in [-0.1, -0.05) is 48.5 Å². The molecule has 4 N–H and O–H groups in total. The van der Waals surface area contributed by atoms with Gasteiger partial charge in [0.15, 0.2) is 5.78 Å². The molecule has 7 nitrogen and oxygen atoms in total. The zero-order valence-electron chi connectivity index (χ0n) is 20.9. The van der Waals surface area contributed by atoms with Crippen LogP contribution in [-0.4, -0.2) is 40.5 Å². The van der Waals surface area contributed by atoms with Crippen molar-refractivity contribution in [1.29, 1.82) is 5.26 Å². The van der Waals surface area contributed by atoms with Crippen LogP contribution in [0.1, 0.15) is 57.3 Å². The largest absolute Gasteiger partial charge is 0.389 e. The fraction of sp³-hybridized carbons (Fsp3) is 0.233. The van der Waals surface area contributed by atoms with E-state index in [0.717, 1.165) is 16.5 Å². The number of aromatic nitrogens is 1. The van der Waals surface area contributed by atoms with Crippen molar-refractivity contribution in [3.05, 3.63) is 107 Å². The van der Waals surface area contributed by atoms with Crippen LogP contribution in [0.3, 0.4) is 0 Å². The van der Waals surface area contributed by atoms with Gasteiger partial charge in [0, 0.05) is 41.3 Å². The number of hydrogen-bond acceptors (Lipinski definition) is 5. The SMILES string of the molecule is CC(C)(O)CNC(=O)c1ccc2c(C(=O)[C@H](NCCc3ccc(C#N)cc3)c3ccccc3)c[nH]c2c1. The summed E-state index contributed by atoms with van der Waals surface area (Å²) >= 11 is 0. The first-order chi connectivity index (χ1) is 17.7. The van der Waals surface area contributed by atoms with Gasteiger partial charge in [-0.25, -0.2) is 0 Å². The average molecular weight is 495 g/mol. The molecule has 0 spiro atoms. The van der Waals surface area contributed by atoms with Crippen LogP contribution in [0, 0.1) is 11.3 Å². The molecule has 0 bridgehead atoms. The van der Waals surface area contributed by atoms with Gasteiger partial charge >= 0.3 is 0 Å². The highest BCUT2D eigenvalue weighted by Crippen LogP contribution is 2.26. The van der Waals surface area contributed by atoms with Crippen LogP contribution < -0.4 is 10.6 Å². The minimum Gasteiger partial charge on any atom is -0.389 e. The summed E-state index contributed by atoms with van der Waals surface area (Å²) in [6, 6.07) is 23.8. The van der Waals surface area contributed by atoms with E-state index < -0.39 is 11.6 Å². The molecule has 0 aliphatic heterocycles. The third-order valence-electron chi connectivity index (χ3n) is 6.13. The Bertz CT molecular complexity index is 1430. The molecule has 1 amide bonds. The number of H-pyrrole nitrogens is 1. The molecule has 188 valence electrons. The maximum absolute atomic E-state index is 13.8. The van der Waals surface area contributed by atoms with Crippen molar-refractivity contribution in [3.63, 3.8) is 0 Å². The number of rotatable bonds is 10. The maximum Gasteiger partial charge on any atom is 0.251 e. The predicted octanol–water partition coefficient (Wildman–Crippen LogP) is 4.30. The maximum atomic E-state index is 13.8. The molecule has 3 aromatic carbocycles. The molecule has 0 saturated carbocycles. The quantitative estimate of drug-likeness (QED) is 0.245. The number of aliphatic hydroxyl groups is 1. The Kier molecular flexibility index (Phi) is 7.83. The minimum atomic E-state index is -1.01. The highest BCUT2D eigenvalue weighted by Gasteiger charge is 2.24. The Morgan fingerprint density at radius 3 is 2.46 bits per heavy atom. The Labute approximate surface area is 216 Å². The fourth-order valence-corrected chi connectivity index (χ4v) is 4.14. The number of aromatic amines is 1. The highest BCUT2D eigenvalue weighted by molar-refractivity contribution is 6.11. The van der Waals surface area contributed by atoms with Crippen LogP contribution in [0.5, 0.6) is 0 Å². The van der Waals surface area contributed by atoms with Crippen molar-refractivity contribution >= 4 is 22.6 Å². The van der Waals surface area contributed by atoms with Crippen molar-refractivity contribution in [2.75, 3.05) is 13.1 Å². The standard InChI is InChI=1S/C30H30N4O3/c1-30(2,37)19-34-29(36)23-12-13-24-25(18-33-26(24)16-23)28(35)27(22-6-4-3-5-7-22)32-15-14-20-8-10-21(17-31)11-9-20/h3-13,16,18,27,32-33,37H,14-15,19H2,1-2H3,(H,34,36)/t27-/m1/s1. The molecule has 37 heavy (non-hydrogen) atoms. The van der Waals surface area contributed by atoms with Crippen LogP contribution in [0.4, 0.5) is 0 Å². The smallest absolute Gasteiger partial charge is 0.251 e. The number of carbonyl (C=O) groups excluding carboxylic acids is 2. The molecule has 0 saturated heterocycles. The van der Waals surface area contributed by atoms with Crippen molar-refractivity contribution in [3.8, 4) is 6.07 Å². The monoisotopic (exact) mass is 494 g/mol. The highest BCUT2D eigenvalue weighted by atomic mass is 16.3. The van der Waals surface area contributed by atoms with Gasteiger partial charge < -0.3 is 20.7 Å². The number of nitrogens with one attached hydrogen (secondary N) is 3. The summed E-state index contributed by atoms with van der Waals surface area (Å²) < 4.78 is 0. The van der Waals surface area contributed by atoms with Crippen LogP contribution in [0.2, 0.25) is 0 Å². The van der Waals surface area contributed by atoms with E-state index in [4.69, 9.17) is 5.26 Å². The number of carbonyl (C=O) groups is 2. The van der Waals surface area contributed by atoms with Crippen molar-refractivity contribution in [1.82, 2.24) is 15.6 Å². The van der Waals surface area contributed by atoms with Gasteiger partial charge in [0.05, 0.1) is 23.3 Å².